The number of anilines is 6. The molecule has 11 rings (SSSR count). The minimum atomic E-state index is -0.0909. The molecule has 3 nitrogen and oxygen atoms in total. The van der Waals surface area contributed by atoms with Gasteiger partial charge < -0.3 is 14.2 Å². The van der Waals surface area contributed by atoms with Crippen molar-refractivity contribution in [3.8, 4) is 0 Å². The van der Waals surface area contributed by atoms with Crippen molar-refractivity contribution in [3.63, 3.8) is 0 Å². The predicted octanol–water partition coefficient (Wildman–Crippen LogP) is 15.5. The van der Waals surface area contributed by atoms with Crippen molar-refractivity contribution in [2.45, 2.75) is 194 Å². The van der Waals surface area contributed by atoms with Crippen LogP contribution in [0.5, 0.6) is 0 Å². The summed E-state index contributed by atoms with van der Waals surface area (Å²) < 4.78 is 7.67. The number of furan rings is 1. The molecule has 0 saturated carbocycles. The molecule has 0 N–H and O–H groups in total. The van der Waals surface area contributed by atoms with E-state index in [4.69, 9.17) is 4.42 Å². The maximum Gasteiger partial charge on any atom is 0.297 e. The molecule has 1 aromatic heterocycles. The van der Waals surface area contributed by atoms with Gasteiger partial charge >= 0.3 is 0 Å². The minimum Gasteiger partial charge on any atom is -0.468 e. The lowest BCUT2D eigenvalue weighted by Crippen LogP contribution is -2.61. The molecular formula is C62H75BN2O. The van der Waals surface area contributed by atoms with Crippen LogP contribution in [0.3, 0.4) is 0 Å². The molecule has 0 bridgehead atoms. The number of hydrogen-bond acceptors (Lipinski definition) is 3. The lowest BCUT2D eigenvalue weighted by molar-refractivity contribution is 0.331. The number of nitrogens with zero attached hydrogens (tertiary/aromatic N) is 2. The summed E-state index contributed by atoms with van der Waals surface area (Å²) in [6.07, 6.45) is 7.03. The van der Waals surface area contributed by atoms with Crippen molar-refractivity contribution in [1.82, 2.24) is 0 Å². The highest BCUT2D eigenvalue weighted by Crippen LogP contribution is 2.57. The van der Waals surface area contributed by atoms with E-state index in [1.54, 1.807) is 0 Å². The molecule has 342 valence electrons. The molecule has 0 unspecified atom stereocenters. The Kier molecular flexibility index (Phi) is 8.97. The zero-order valence-corrected chi connectivity index (χ0v) is 43.6. The van der Waals surface area contributed by atoms with Crippen LogP contribution >= 0.6 is 0 Å². The molecule has 5 aliphatic rings. The molecule has 4 heteroatoms. The van der Waals surface area contributed by atoms with E-state index >= 15 is 0 Å². The van der Waals surface area contributed by atoms with Crippen LogP contribution in [0.2, 0.25) is 0 Å². The fourth-order valence-electron chi connectivity index (χ4n) is 13.5. The molecule has 6 aromatic rings. The third-order valence-corrected chi connectivity index (χ3v) is 18.1. The Bertz CT molecular complexity index is 3070. The standard InChI is InChI=1S/C62H75BN2O/c1-36-30-48-52-49(31-36)65(47-23-18-38(32-37(47)2)56(3,4)5)53-40-34-44-45(61(14,15)27-26-60(44,12)13)35-50(40)66-55(53)63(52)46-22-21-42-51(62(16,17)29-28-58(42,8)9)54(46)64(48)39-19-20-41-43(33-39)59(10,11)25-24-57(41,6)7/h18-23,30-35H,24-29H2,1-17H3. The predicted molar refractivity (Wildman–Crippen MR) is 284 cm³/mol. The smallest absolute Gasteiger partial charge is 0.297 e. The zero-order chi connectivity index (χ0) is 47.2. The first kappa shape index (κ1) is 43.8. The average Bonchev–Trinajstić information content (AvgIpc) is 3.60. The second-order valence-corrected chi connectivity index (χ2v) is 26.7. The summed E-state index contributed by atoms with van der Waals surface area (Å²) in [5.41, 5.74) is 25.6. The molecule has 3 aliphatic carbocycles. The highest BCUT2D eigenvalue weighted by molar-refractivity contribution is 7.00. The van der Waals surface area contributed by atoms with E-state index in [1.807, 2.05) is 0 Å². The van der Waals surface area contributed by atoms with Crippen molar-refractivity contribution in [3.05, 3.63) is 123 Å². The van der Waals surface area contributed by atoms with Crippen LogP contribution in [0.4, 0.5) is 34.1 Å². The van der Waals surface area contributed by atoms with Crippen molar-refractivity contribution in [1.29, 1.82) is 0 Å². The maximum atomic E-state index is 7.67. The van der Waals surface area contributed by atoms with E-state index < -0.39 is 0 Å². The van der Waals surface area contributed by atoms with Crippen LogP contribution in [0, 0.1) is 13.8 Å². The van der Waals surface area contributed by atoms with Crippen LogP contribution in [0.15, 0.2) is 77.2 Å². The van der Waals surface area contributed by atoms with E-state index in [-0.39, 0.29) is 44.6 Å². The largest absolute Gasteiger partial charge is 0.468 e. The Balaban J connectivity index is 1.29. The van der Waals surface area contributed by atoms with Crippen molar-refractivity contribution >= 4 is 68.4 Å². The Morgan fingerprint density at radius 2 is 1.03 bits per heavy atom. The van der Waals surface area contributed by atoms with Crippen LogP contribution in [0.1, 0.15) is 192 Å². The Morgan fingerprint density at radius 3 is 1.64 bits per heavy atom. The molecule has 3 heterocycles. The summed E-state index contributed by atoms with van der Waals surface area (Å²) in [4.78, 5) is 5.37. The third-order valence-electron chi connectivity index (χ3n) is 18.1. The average molecular weight is 875 g/mol. The van der Waals surface area contributed by atoms with Gasteiger partial charge in [0.1, 0.15) is 5.58 Å². The summed E-state index contributed by atoms with van der Waals surface area (Å²) in [5.74, 6) is 0. The van der Waals surface area contributed by atoms with Gasteiger partial charge in [0.15, 0.2) is 0 Å². The van der Waals surface area contributed by atoms with E-state index in [1.165, 1.54) is 133 Å². The van der Waals surface area contributed by atoms with E-state index in [9.17, 15) is 0 Å². The van der Waals surface area contributed by atoms with Crippen molar-refractivity contribution in [2.24, 2.45) is 0 Å². The van der Waals surface area contributed by atoms with Crippen molar-refractivity contribution < 1.29 is 4.42 Å². The molecule has 0 saturated heterocycles. The monoisotopic (exact) mass is 875 g/mol. The fourth-order valence-corrected chi connectivity index (χ4v) is 13.5. The summed E-state index contributed by atoms with van der Waals surface area (Å²) in [6, 6.07) is 29.9. The van der Waals surface area contributed by atoms with E-state index in [0.717, 1.165) is 17.7 Å². The summed E-state index contributed by atoms with van der Waals surface area (Å²) in [5, 5.41) is 1.23. The molecular weight excluding hydrogens is 800 g/mol. The van der Waals surface area contributed by atoms with Gasteiger partial charge in [-0.1, -0.05) is 134 Å². The molecule has 0 amide bonds. The van der Waals surface area contributed by atoms with Crippen LogP contribution < -0.4 is 26.4 Å². The maximum absolute atomic E-state index is 7.67. The van der Waals surface area contributed by atoms with Gasteiger partial charge in [0.2, 0.25) is 0 Å². The topological polar surface area (TPSA) is 19.6 Å². The van der Waals surface area contributed by atoms with Crippen LogP contribution in [-0.4, -0.2) is 6.71 Å². The van der Waals surface area contributed by atoms with Gasteiger partial charge in [-0.2, -0.15) is 0 Å². The lowest BCUT2D eigenvalue weighted by Gasteiger charge is -2.49. The van der Waals surface area contributed by atoms with E-state index in [2.05, 4.69) is 200 Å². The number of hydrogen-bond donors (Lipinski definition) is 0. The molecule has 0 spiro atoms. The van der Waals surface area contributed by atoms with Gasteiger partial charge in [-0.25, -0.2) is 0 Å². The Labute approximate surface area is 397 Å². The van der Waals surface area contributed by atoms with Gasteiger partial charge in [-0.05, 0) is 194 Å². The number of fused-ring (bicyclic) bond motifs is 10. The van der Waals surface area contributed by atoms with Crippen molar-refractivity contribution in [2.75, 3.05) is 9.80 Å². The molecule has 2 aliphatic heterocycles. The first-order valence-electron chi connectivity index (χ1n) is 25.4. The summed E-state index contributed by atoms with van der Waals surface area (Å²) in [6.45, 7) is 41.2. The summed E-state index contributed by atoms with van der Waals surface area (Å²) in [7, 11) is 0. The molecule has 0 radical (unpaired) electrons. The highest BCUT2D eigenvalue weighted by Gasteiger charge is 2.51. The van der Waals surface area contributed by atoms with Crippen LogP contribution in [0.25, 0.3) is 11.0 Å². The van der Waals surface area contributed by atoms with Gasteiger partial charge in [0.05, 0.1) is 11.3 Å². The minimum absolute atomic E-state index is 0.0341. The molecule has 0 atom stereocenters. The van der Waals surface area contributed by atoms with Crippen LogP contribution in [-0.2, 0) is 37.9 Å². The van der Waals surface area contributed by atoms with Gasteiger partial charge in [0.25, 0.3) is 6.71 Å². The Hall–Kier alpha value is -4.70. The summed E-state index contributed by atoms with van der Waals surface area (Å²) >= 11 is 0. The zero-order valence-electron chi connectivity index (χ0n) is 43.6. The molecule has 0 fully saturated rings. The second kappa shape index (κ2) is 13.5. The lowest BCUT2D eigenvalue weighted by atomic mass is 9.35. The fraction of sp³-hybridized carbons (Fsp3) is 0.484. The van der Waals surface area contributed by atoms with E-state index in [0.29, 0.717) is 0 Å². The first-order valence-corrected chi connectivity index (χ1v) is 25.4. The molecule has 66 heavy (non-hydrogen) atoms. The number of benzene rings is 5. The first-order chi connectivity index (χ1) is 30.6. The van der Waals surface area contributed by atoms with Gasteiger partial charge in [-0.3, -0.25) is 0 Å². The Morgan fingerprint density at radius 1 is 0.500 bits per heavy atom. The highest BCUT2D eigenvalue weighted by atomic mass is 16.3. The molecule has 5 aromatic carbocycles. The van der Waals surface area contributed by atoms with Gasteiger partial charge in [-0.15, -0.1) is 0 Å². The number of aryl methyl sites for hydroxylation is 2. The number of rotatable bonds is 2. The third kappa shape index (κ3) is 6.13. The quantitative estimate of drug-likeness (QED) is 0.161. The van der Waals surface area contributed by atoms with Gasteiger partial charge in [0, 0.05) is 33.8 Å². The normalized spacial score (nSPS) is 21.1. The second-order valence-electron chi connectivity index (χ2n) is 26.7. The SMILES string of the molecule is Cc1cc2c3c(c1)N(c1ccc(C(C)(C)C)cc1C)c1c(oc4cc5c(cc14)C(C)(C)CCC5(C)C)B3c1ccc3c(c1N2c1ccc2c(c1)C(C)(C)CCC2(C)C)C(C)(C)CCC3(C)C.